The third-order valence-corrected chi connectivity index (χ3v) is 6.22. The van der Waals surface area contributed by atoms with E-state index in [4.69, 9.17) is 0 Å². The molecule has 29 heavy (non-hydrogen) atoms. The number of hydrogen-bond acceptors (Lipinski definition) is 6. The molecule has 0 amide bonds. The van der Waals surface area contributed by atoms with Crippen LogP contribution in [0, 0.1) is 20.9 Å². The summed E-state index contributed by atoms with van der Waals surface area (Å²) in [5.74, 6) is 0.764. The van der Waals surface area contributed by atoms with Gasteiger partial charge in [0.15, 0.2) is 0 Å². The predicted octanol–water partition coefficient (Wildman–Crippen LogP) is 4.44. The molecule has 2 aliphatic rings. The summed E-state index contributed by atoms with van der Waals surface area (Å²) in [5, 5.41) is 15.2. The van der Waals surface area contributed by atoms with Gasteiger partial charge in [-0.05, 0) is 42.1 Å². The molecule has 154 valence electrons. The van der Waals surface area contributed by atoms with Crippen LogP contribution in [-0.4, -0.2) is 34.0 Å². The van der Waals surface area contributed by atoms with E-state index in [0.717, 1.165) is 32.2 Å². The molecule has 2 atom stereocenters. The summed E-state index contributed by atoms with van der Waals surface area (Å²) in [5.41, 5.74) is 1.59. The Bertz CT molecular complexity index is 901. The SMILES string of the molecule is CC1(C)CC2CC(C)(CN2c2ncnc(NCCc3ccccc3)c2[N+](=O)[O-])C1. The molecule has 2 unspecified atom stereocenters. The van der Waals surface area contributed by atoms with E-state index in [1.54, 1.807) is 0 Å². The van der Waals surface area contributed by atoms with Gasteiger partial charge in [-0.25, -0.2) is 9.97 Å². The van der Waals surface area contributed by atoms with Crippen LogP contribution in [0.25, 0.3) is 0 Å². The topological polar surface area (TPSA) is 84.2 Å². The molecule has 0 spiro atoms. The van der Waals surface area contributed by atoms with Crippen molar-refractivity contribution in [1.29, 1.82) is 0 Å². The largest absolute Gasteiger partial charge is 0.364 e. The second kappa shape index (κ2) is 7.28. The molecule has 1 aromatic carbocycles. The molecule has 2 heterocycles. The second-order valence-corrected chi connectivity index (χ2v) is 9.66. The van der Waals surface area contributed by atoms with E-state index in [2.05, 4.69) is 53.1 Å². The number of benzene rings is 1. The lowest BCUT2D eigenvalue weighted by atomic mass is 9.65. The average molecular weight is 396 g/mol. The van der Waals surface area contributed by atoms with Crippen molar-refractivity contribution in [2.45, 2.75) is 52.5 Å². The molecule has 1 aliphatic heterocycles. The molecule has 1 N–H and O–H groups in total. The molecule has 2 aromatic rings. The highest BCUT2D eigenvalue weighted by atomic mass is 16.6. The third-order valence-electron chi connectivity index (χ3n) is 6.22. The Kier molecular flexibility index (Phi) is 4.92. The van der Waals surface area contributed by atoms with Crippen LogP contribution in [-0.2, 0) is 6.42 Å². The van der Waals surface area contributed by atoms with Crippen molar-refractivity contribution < 1.29 is 4.92 Å². The molecule has 1 saturated heterocycles. The fourth-order valence-corrected chi connectivity index (χ4v) is 5.55. The number of hydrogen-bond donors (Lipinski definition) is 1. The van der Waals surface area contributed by atoms with Gasteiger partial charge in [0.05, 0.1) is 4.92 Å². The third kappa shape index (κ3) is 4.04. The maximum absolute atomic E-state index is 12.0. The van der Waals surface area contributed by atoms with Crippen molar-refractivity contribution in [1.82, 2.24) is 9.97 Å². The monoisotopic (exact) mass is 395 g/mol. The molecule has 7 heteroatoms. The van der Waals surface area contributed by atoms with Gasteiger partial charge in [0.2, 0.25) is 11.6 Å². The van der Waals surface area contributed by atoms with Crippen molar-refractivity contribution in [3.8, 4) is 0 Å². The normalized spacial score (nSPS) is 25.1. The van der Waals surface area contributed by atoms with Gasteiger partial charge in [0.1, 0.15) is 6.33 Å². The van der Waals surface area contributed by atoms with Crippen LogP contribution in [0.1, 0.15) is 45.6 Å². The summed E-state index contributed by atoms with van der Waals surface area (Å²) in [4.78, 5) is 22.4. The van der Waals surface area contributed by atoms with Crippen molar-refractivity contribution >= 4 is 17.3 Å². The molecular formula is C22H29N5O2. The van der Waals surface area contributed by atoms with E-state index >= 15 is 0 Å². The van der Waals surface area contributed by atoms with Crippen molar-refractivity contribution in [3.05, 3.63) is 52.3 Å². The number of nitrogens with one attached hydrogen (secondary N) is 1. The molecule has 0 radical (unpaired) electrons. The van der Waals surface area contributed by atoms with Crippen molar-refractivity contribution in [3.63, 3.8) is 0 Å². The van der Waals surface area contributed by atoms with E-state index in [0.29, 0.717) is 18.2 Å². The van der Waals surface area contributed by atoms with Crippen LogP contribution in [0.2, 0.25) is 0 Å². The molecule has 2 fully saturated rings. The van der Waals surface area contributed by atoms with Gasteiger partial charge in [0, 0.05) is 19.1 Å². The molecule has 7 nitrogen and oxygen atoms in total. The Labute approximate surface area is 171 Å². The van der Waals surface area contributed by atoms with Crippen LogP contribution in [0.4, 0.5) is 17.3 Å². The van der Waals surface area contributed by atoms with Gasteiger partial charge >= 0.3 is 5.69 Å². The first-order valence-electron chi connectivity index (χ1n) is 10.3. The Morgan fingerprint density at radius 3 is 2.69 bits per heavy atom. The van der Waals surface area contributed by atoms with Crippen LogP contribution < -0.4 is 10.2 Å². The van der Waals surface area contributed by atoms with Gasteiger partial charge < -0.3 is 10.2 Å². The smallest absolute Gasteiger partial charge is 0.353 e. The van der Waals surface area contributed by atoms with Crippen LogP contribution in [0.15, 0.2) is 36.7 Å². The maximum Gasteiger partial charge on any atom is 0.353 e. The standard InChI is InChI=1S/C22H29N5O2/c1-21(2)11-17-12-22(3,13-21)14-26(17)20-18(27(28)29)19(24-15-25-20)23-10-9-16-7-5-4-6-8-16/h4-8,15,17H,9-14H2,1-3H3,(H,23,24,25). The van der Waals surface area contributed by atoms with Crippen LogP contribution in [0.3, 0.4) is 0 Å². The molecule has 2 bridgehead atoms. The lowest BCUT2D eigenvalue weighted by Gasteiger charge is -2.39. The van der Waals surface area contributed by atoms with E-state index in [1.165, 1.54) is 11.9 Å². The summed E-state index contributed by atoms with van der Waals surface area (Å²) in [6, 6.07) is 10.4. The molecule has 1 aromatic heterocycles. The fourth-order valence-electron chi connectivity index (χ4n) is 5.55. The number of anilines is 2. The maximum atomic E-state index is 12.0. The summed E-state index contributed by atoms with van der Waals surface area (Å²) in [6.45, 7) is 8.28. The lowest BCUT2D eigenvalue weighted by Crippen LogP contribution is -2.35. The highest BCUT2D eigenvalue weighted by Gasteiger charge is 2.51. The zero-order valence-corrected chi connectivity index (χ0v) is 17.4. The van der Waals surface area contributed by atoms with Gasteiger partial charge in [0.25, 0.3) is 0 Å². The molecule has 4 rings (SSSR count). The first-order valence-corrected chi connectivity index (χ1v) is 10.3. The zero-order chi connectivity index (χ0) is 20.6. The van der Waals surface area contributed by atoms with E-state index in [-0.39, 0.29) is 27.5 Å². The first kappa shape index (κ1) is 19.6. The van der Waals surface area contributed by atoms with Gasteiger partial charge in [-0.15, -0.1) is 0 Å². The number of nitrogens with zero attached hydrogens (tertiary/aromatic N) is 4. The van der Waals surface area contributed by atoms with Crippen LogP contribution in [0.5, 0.6) is 0 Å². The Morgan fingerprint density at radius 1 is 1.21 bits per heavy atom. The van der Waals surface area contributed by atoms with Gasteiger partial charge in [-0.2, -0.15) is 0 Å². The molecular weight excluding hydrogens is 366 g/mol. The minimum atomic E-state index is -0.337. The number of nitro groups is 1. The Hall–Kier alpha value is -2.70. The summed E-state index contributed by atoms with van der Waals surface area (Å²) >= 11 is 0. The Morgan fingerprint density at radius 2 is 1.97 bits per heavy atom. The van der Waals surface area contributed by atoms with E-state index in [1.807, 2.05) is 18.2 Å². The summed E-state index contributed by atoms with van der Waals surface area (Å²) < 4.78 is 0. The summed E-state index contributed by atoms with van der Waals surface area (Å²) in [7, 11) is 0. The van der Waals surface area contributed by atoms with Crippen molar-refractivity contribution in [2.75, 3.05) is 23.3 Å². The van der Waals surface area contributed by atoms with Crippen molar-refractivity contribution in [2.24, 2.45) is 10.8 Å². The number of rotatable bonds is 6. The number of fused-ring (bicyclic) bond motifs is 2. The van der Waals surface area contributed by atoms with E-state index < -0.39 is 0 Å². The average Bonchev–Trinajstić information content (AvgIpc) is 2.91. The second-order valence-electron chi connectivity index (χ2n) is 9.66. The number of aromatic nitrogens is 2. The first-order chi connectivity index (χ1) is 13.8. The predicted molar refractivity (Wildman–Crippen MR) is 114 cm³/mol. The molecule has 1 saturated carbocycles. The van der Waals surface area contributed by atoms with E-state index in [9.17, 15) is 10.1 Å². The van der Waals surface area contributed by atoms with Crippen LogP contribution >= 0.6 is 0 Å². The summed E-state index contributed by atoms with van der Waals surface area (Å²) in [6.07, 6.45) is 5.45. The fraction of sp³-hybridized carbons (Fsp3) is 0.545. The minimum Gasteiger partial charge on any atom is -0.364 e. The highest BCUT2D eigenvalue weighted by molar-refractivity contribution is 5.71. The lowest BCUT2D eigenvalue weighted by molar-refractivity contribution is -0.383. The highest BCUT2D eigenvalue weighted by Crippen LogP contribution is 2.54. The quantitative estimate of drug-likeness (QED) is 0.575. The molecule has 1 aliphatic carbocycles. The Balaban J connectivity index is 1.58. The zero-order valence-electron chi connectivity index (χ0n) is 17.4. The minimum absolute atomic E-state index is 0.00508. The van der Waals surface area contributed by atoms with Gasteiger partial charge in [-0.3, -0.25) is 10.1 Å². The van der Waals surface area contributed by atoms with Gasteiger partial charge in [-0.1, -0.05) is 51.1 Å².